The van der Waals surface area contributed by atoms with Gasteiger partial charge in [0.1, 0.15) is 6.04 Å². The number of carbonyl (C=O) groups is 2. The van der Waals surface area contributed by atoms with E-state index in [1.807, 2.05) is 12.1 Å². The molecule has 3 aliphatic heterocycles. The predicted molar refractivity (Wildman–Crippen MR) is 132 cm³/mol. The quantitative estimate of drug-likeness (QED) is 0.642. The standard InChI is InChI=1S/C25H36N6O3/c1-28-23-19(30-15-8-17(9-16-30)7-12-29-13-10-18(26)11-14-29)3-2-4-20(23)31(25(28)34)21-5-6-22(32)27-24(21)33/h2-4,17-18,21H,5-16,26H2,1H3,(H,27,32,33). The monoisotopic (exact) mass is 468 g/mol. The number of nitrogens with two attached hydrogens (primary N) is 1. The second kappa shape index (κ2) is 9.54. The zero-order valence-corrected chi connectivity index (χ0v) is 20.0. The molecule has 0 bridgehead atoms. The van der Waals surface area contributed by atoms with Crippen molar-refractivity contribution in [3.8, 4) is 0 Å². The van der Waals surface area contributed by atoms with Gasteiger partial charge in [-0.25, -0.2) is 4.79 Å². The molecule has 9 nitrogen and oxygen atoms in total. The fraction of sp³-hybridized carbons (Fsp3) is 0.640. The van der Waals surface area contributed by atoms with Crippen molar-refractivity contribution < 1.29 is 9.59 Å². The molecular formula is C25H36N6O3. The largest absolute Gasteiger partial charge is 0.370 e. The smallest absolute Gasteiger partial charge is 0.329 e. The molecule has 1 unspecified atom stereocenters. The molecule has 3 fully saturated rings. The van der Waals surface area contributed by atoms with Crippen LogP contribution in [0.5, 0.6) is 0 Å². The summed E-state index contributed by atoms with van der Waals surface area (Å²) >= 11 is 0. The van der Waals surface area contributed by atoms with Gasteiger partial charge in [0, 0.05) is 32.6 Å². The third-order valence-corrected chi connectivity index (χ3v) is 8.04. The van der Waals surface area contributed by atoms with E-state index in [4.69, 9.17) is 5.73 Å². The van der Waals surface area contributed by atoms with E-state index in [0.29, 0.717) is 12.5 Å². The molecule has 3 aliphatic rings. The van der Waals surface area contributed by atoms with Crippen LogP contribution in [0.15, 0.2) is 23.0 Å². The molecular weight excluding hydrogens is 432 g/mol. The average molecular weight is 469 g/mol. The van der Waals surface area contributed by atoms with Gasteiger partial charge >= 0.3 is 5.69 Å². The lowest BCUT2D eigenvalue weighted by Gasteiger charge is -2.36. The van der Waals surface area contributed by atoms with Crippen molar-refractivity contribution in [3.05, 3.63) is 28.7 Å². The van der Waals surface area contributed by atoms with E-state index in [2.05, 4.69) is 21.2 Å². The number of hydrogen-bond donors (Lipinski definition) is 2. The van der Waals surface area contributed by atoms with Crippen LogP contribution in [0.2, 0.25) is 0 Å². The van der Waals surface area contributed by atoms with Crippen molar-refractivity contribution >= 4 is 28.5 Å². The van der Waals surface area contributed by atoms with Crippen LogP contribution in [0.3, 0.4) is 0 Å². The lowest BCUT2D eigenvalue weighted by molar-refractivity contribution is -0.135. The van der Waals surface area contributed by atoms with Gasteiger partial charge in [-0.05, 0) is 76.2 Å². The molecule has 4 heterocycles. The first-order valence-electron chi connectivity index (χ1n) is 12.7. The van der Waals surface area contributed by atoms with Crippen molar-refractivity contribution in [2.45, 2.75) is 57.0 Å². The lowest BCUT2D eigenvalue weighted by atomic mass is 9.92. The predicted octanol–water partition coefficient (Wildman–Crippen LogP) is 1.35. The lowest BCUT2D eigenvalue weighted by Crippen LogP contribution is -2.44. The van der Waals surface area contributed by atoms with Crippen molar-refractivity contribution in [2.24, 2.45) is 18.7 Å². The molecule has 1 atom stereocenters. The zero-order chi connectivity index (χ0) is 23.8. The van der Waals surface area contributed by atoms with Crippen LogP contribution in [-0.4, -0.2) is 64.6 Å². The van der Waals surface area contributed by atoms with Gasteiger partial charge in [0.25, 0.3) is 0 Å². The van der Waals surface area contributed by atoms with E-state index >= 15 is 0 Å². The number of hydrogen-bond acceptors (Lipinski definition) is 6. The number of nitrogens with one attached hydrogen (secondary N) is 1. The van der Waals surface area contributed by atoms with Crippen LogP contribution in [0.1, 0.15) is 51.0 Å². The Morgan fingerprint density at radius 2 is 1.74 bits per heavy atom. The molecule has 184 valence electrons. The number of rotatable bonds is 5. The van der Waals surface area contributed by atoms with Gasteiger partial charge < -0.3 is 15.5 Å². The summed E-state index contributed by atoms with van der Waals surface area (Å²) in [6.07, 6.45) is 6.34. The minimum Gasteiger partial charge on any atom is -0.370 e. The summed E-state index contributed by atoms with van der Waals surface area (Å²) in [6, 6.07) is 5.67. The zero-order valence-electron chi connectivity index (χ0n) is 20.0. The summed E-state index contributed by atoms with van der Waals surface area (Å²) in [6.45, 7) is 5.34. The summed E-state index contributed by atoms with van der Waals surface area (Å²) in [4.78, 5) is 42.2. The number of imidazole rings is 1. The maximum absolute atomic E-state index is 13.2. The van der Waals surface area contributed by atoms with E-state index in [1.54, 1.807) is 16.2 Å². The molecule has 1 aromatic carbocycles. The van der Waals surface area contributed by atoms with Crippen LogP contribution in [-0.2, 0) is 16.6 Å². The number of piperidine rings is 3. The van der Waals surface area contributed by atoms with Crippen LogP contribution >= 0.6 is 0 Å². The minimum atomic E-state index is -0.653. The number of nitrogens with zero attached hydrogens (tertiary/aromatic N) is 4. The second-order valence-corrected chi connectivity index (χ2v) is 10.2. The van der Waals surface area contributed by atoms with Gasteiger partial charge in [-0.3, -0.25) is 24.0 Å². The Labute approximate surface area is 199 Å². The summed E-state index contributed by atoms with van der Waals surface area (Å²) in [5, 5.41) is 2.38. The van der Waals surface area contributed by atoms with Gasteiger partial charge in [0.05, 0.1) is 16.7 Å². The topological polar surface area (TPSA) is 106 Å². The Morgan fingerprint density at radius 3 is 2.44 bits per heavy atom. The van der Waals surface area contributed by atoms with Crippen LogP contribution in [0, 0.1) is 5.92 Å². The third kappa shape index (κ3) is 4.38. The molecule has 0 saturated carbocycles. The van der Waals surface area contributed by atoms with E-state index in [0.717, 1.165) is 81.0 Å². The first-order valence-corrected chi connectivity index (χ1v) is 12.7. The number of fused-ring (bicyclic) bond motifs is 1. The highest BCUT2D eigenvalue weighted by molar-refractivity contribution is 6.00. The number of aryl methyl sites for hydroxylation is 1. The molecule has 1 aromatic heterocycles. The Bertz CT molecular complexity index is 1120. The fourth-order valence-electron chi connectivity index (χ4n) is 5.91. The molecule has 2 aromatic rings. The first kappa shape index (κ1) is 23.1. The summed E-state index contributed by atoms with van der Waals surface area (Å²) in [7, 11) is 1.77. The Hall–Kier alpha value is -2.65. The third-order valence-electron chi connectivity index (χ3n) is 8.04. The number of para-hydroxylation sites is 1. The Balaban J connectivity index is 1.30. The number of anilines is 1. The van der Waals surface area contributed by atoms with Crippen molar-refractivity contribution in [2.75, 3.05) is 37.6 Å². The molecule has 2 amide bonds. The van der Waals surface area contributed by atoms with Crippen LogP contribution < -0.4 is 21.6 Å². The van der Waals surface area contributed by atoms with Crippen LogP contribution in [0.4, 0.5) is 5.69 Å². The minimum absolute atomic E-state index is 0.215. The molecule has 3 N–H and O–H groups in total. The summed E-state index contributed by atoms with van der Waals surface area (Å²) < 4.78 is 3.22. The Kier molecular flexibility index (Phi) is 6.48. The normalized spacial score (nSPS) is 23.6. The van der Waals surface area contributed by atoms with Crippen molar-refractivity contribution in [1.82, 2.24) is 19.4 Å². The summed E-state index contributed by atoms with van der Waals surface area (Å²) in [5.74, 6) is 0.0534. The molecule has 0 spiro atoms. The highest BCUT2D eigenvalue weighted by atomic mass is 16.2. The van der Waals surface area contributed by atoms with Gasteiger partial charge in [0.2, 0.25) is 11.8 Å². The first-order chi connectivity index (χ1) is 16.4. The number of likely N-dealkylation sites (tertiary alicyclic amines) is 1. The van der Waals surface area contributed by atoms with Crippen molar-refractivity contribution in [3.63, 3.8) is 0 Å². The molecule has 0 radical (unpaired) electrons. The van der Waals surface area contributed by atoms with Gasteiger partial charge in [0.15, 0.2) is 0 Å². The highest BCUT2D eigenvalue weighted by Gasteiger charge is 2.32. The molecule has 34 heavy (non-hydrogen) atoms. The number of imide groups is 1. The molecule has 0 aliphatic carbocycles. The SMILES string of the molecule is Cn1c(=O)n(C2CCC(=O)NC2=O)c2cccc(N3CCC(CCN4CCC(N)CC4)CC3)c21. The van der Waals surface area contributed by atoms with Crippen LogP contribution in [0.25, 0.3) is 11.0 Å². The molecule has 3 saturated heterocycles. The van der Waals surface area contributed by atoms with E-state index in [-0.39, 0.29) is 18.0 Å². The molecule has 9 heteroatoms. The van der Waals surface area contributed by atoms with E-state index < -0.39 is 11.9 Å². The van der Waals surface area contributed by atoms with E-state index in [9.17, 15) is 14.4 Å². The number of benzene rings is 1. The number of amides is 2. The van der Waals surface area contributed by atoms with Gasteiger partial charge in [-0.15, -0.1) is 0 Å². The average Bonchev–Trinajstić information content (AvgIpc) is 3.09. The molecule has 5 rings (SSSR count). The van der Waals surface area contributed by atoms with Crippen molar-refractivity contribution in [1.29, 1.82) is 0 Å². The maximum Gasteiger partial charge on any atom is 0.329 e. The second-order valence-electron chi connectivity index (χ2n) is 10.2. The summed E-state index contributed by atoms with van der Waals surface area (Å²) in [5.41, 5.74) is 8.48. The fourth-order valence-corrected chi connectivity index (χ4v) is 5.91. The maximum atomic E-state index is 13.2. The Morgan fingerprint density at radius 1 is 1.00 bits per heavy atom. The number of aromatic nitrogens is 2. The van der Waals surface area contributed by atoms with E-state index in [1.165, 1.54) is 6.42 Å². The van der Waals surface area contributed by atoms with Gasteiger partial charge in [-0.1, -0.05) is 6.07 Å². The highest BCUT2D eigenvalue weighted by Crippen LogP contribution is 2.32. The van der Waals surface area contributed by atoms with Gasteiger partial charge in [-0.2, -0.15) is 0 Å². The number of carbonyl (C=O) groups excluding carboxylic acids is 2.